The number of anilines is 1. The maximum Gasteiger partial charge on any atom is 0.222 e. The molecule has 1 aromatic rings. The van der Waals surface area contributed by atoms with Crippen LogP contribution in [0.1, 0.15) is 44.6 Å². The molecular weight excluding hydrogens is 312 g/mol. The quantitative estimate of drug-likeness (QED) is 0.632. The largest absolute Gasteiger partial charge is 0.496 e. The lowest BCUT2D eigenvalue weighted by Crippen LogP contribution is -2.37. The van der Waals surface area contributed by atoms with Crippen LogP contribution in [0.2, 0.25) is 5.02 Å². The highest BCUT2D eigenvalue weighted by atomic mass is 35.5. The van der Waals surface area contributed by atoms with Crippen molar-refractivity contribution < 1.29 is 9.53 Å². The van der Waals surface area contributed by atoms with Crippen LogP contribution in [0.5, 0.6) is 5.75 Å². The minimum Gasteiger partial charge on any atom is -0.496 e. The Labute approximate surface area is 143 Å². The van der Waals surface area contributed by atoms with Crippen molar-refractivity contribution in [1.82, 2.24) is 4.90 Å². The number of benzene rings is 1. The van der Waals surface area contributed by atoms with Crippen LogP contribution in [-0.2, 0) is 11.2 Å². The number of rotatable bonds is 6. The maximum atomic E-state index is 12.2. The molecule has 128 valence electrons. The fourth-order valence-electron chi connectivity index (χ4n) is 3.00. The van der Waals surface area contributed by atoms with Gasteiger partial charge in [-0.25, -0.2) is 0 Å². The number of aryl methyl sites for hydroxylation is 1. The number of carbonyl (C=O) groups excluding carboxylic acids is 1. The minimum absolute atomic E-state index is 0.291. The number of nitrogens with two attached hydrogens (primary N) is 1. The molecule has 1 saturated heterocycles. The number of piperidine rings is 1. The molecule has 0 atom stereocenters. The van der Waals surface area contributed by atoms with Crippen molar-refractivity contribution in [2.24, 2.45) is 5.92 Å². The lowest BCUT2D eigenvalue weighted by Gasteiger charge is -2.30. The van der Waals surface area contributed by atoms with Crippen molar-refractivity contribution in [1.29, 1.82) is 0 Å². The standard InChI is InChI=1S/C18H27ClN2O2/c1-13-7-9-21(10-8-13)18(22)6-4-3-5-14-11-15(19)16(20)12-17(14)23-2/h11-13H,3-10,20H2,1-2H3. The SMILES string of the molecule is COc1cc(N)c(Cl)cc1CCCCC(=O)N1CCC(C)CC1. The van der Waals surface area contributed by atoms with Crippen molar-refractivity contribution in [3.05, 3.63) is 22.7 Å². The van der Waals surface area contributed by atoms with Gasteiger partial charge in [-0.2, -0.15) is 0 Å². The maximum absolute atomic E-state index is 12.2. The molecule has 0 aromatic heterocycles. The van der Waals surface area contributed by atoms with E-state index in [0.717, 1.165) is 62.4 Å². The third kappa shape index (κ3) is 5.03. The molecule has 0 aliphatic carbocycles. The van der Waals surface area contributed by atoms with E-state index >= 15 is 0 Å². The second-order valence-corrected chi connectivity index (χ2v) is 6.86. The Hall–Kier alpha value is -1.42. The van der Waals surface area contributed by atoms with Crippen LogP contribution in [0.4, 0.5) is 5.69 Å². The summed E-state index contributed by atoms with van der Waals surface area (Å²) in [7, 11) is 1.63. The highest BCUT2D eigenvalue weighted by molar-refractivity contribution is 6.33. The third-order valence-electron chi connectivity index (χ3n) is 4.62. The van der Waals surface area contributed by atoms with Crippen LogP contribution in [0, 0.1) is 5.92 Å². The molecule has 1 aromatic carbocycles. The van der Waals surface area contributed by atoms with Gasteiger partial charge < -0.3 is 15.4 Å². The first-order chi connectivity index (χ1) is 11.0. The molecule has 0 radical (unpaired) electrons. The number of ether oxygens (including phenoxy) is 1. The summed E-state index contributed by atoms with van der Waals surface area (Å²) in [6, 6.07) is 3.63. The van der Waals surface area contributed by atoms with Gasteiger partial charge in [-0.05, 0) is 49.7 Å². The van der Waals surface area contributed by atoms with Crippen molar-refractivity contribution in [2.75, 3.05) is 25.9 Å². The molecule has 0 bridgehead atoms. The highest BCUT2D eigenvalue weighted by Gasteiger charge is 2.19. The smallest absolute Gasteiger partial charge is 0.222 e. The number of hydrogen-bond acceptors (Lipinski definition) is 3. The molecule has 2 rings (SSSR count). The number of carbonyl (C=O) groups is 1. The molecule has 4 nitrogen and oxygen atoms in total. The number of likely N-dealkylation sites (tertiary alicyclic amines) is 1. The van der Waals surface area contributed by atoms with Crippen LogP contribution in [0.3, 0.4) is 0 Å². The molecule has 1 aliphatic rings. The molecule has 0 saturated carbocycles. The first-order valence-corrected chi connectivity index (χ1v) is 8.78. The molecule has 1 amide bonds. The van der Waals surface area contributed by atoms with E-state index in [1.165, 1.54) is 0 Å². The summed E-state index contributed by atoms with van der Waals surface area (Å²) in [5.74, 6) is 1.81. The zero-order valence-corrected chi connectivity index (χ0v) is 14.9. The fraction of sp³-hybridized carbons (Fsp3) is 0.611. The highest BCUT2D eigenvalue weighted by Crippen LogP contribution is 2.30. The summed E-state index contributed by atoms with van der Waals surface area (Å²) < 4.78 is 5.35. The molecule has 1 heterocycles. The van der Waals surface area contributed by atoms with E-state index in [2.05, 4.69) is 6.92 Å². The van der Waals surface area contributed by atoms with Gasteiger partial charge in [0, 0.05) is 25.6 Å². The first-order valence-electron chi connectivity index (χ1n) is 8.41. The average Bonchev–Trinajstić information content (AvgIpc) is 2.54. The van der Waals surface area contributed by atoms with Gasteiger partial charge in [-0.15, -0.1) is 0 Å². The molecule has 0 spiro atoms. The summed E-state index contributed by atoms with van der Waals surface area (Å²) >= 11 is 6.08. The zero-order valence-electron chi connectivity index (χ0n) is 14.1. The van der Waals surface area contributed by atoms with Gasteiger partial charge >= 0.3 is 0 Å². The van der Waals surface area contributed by atoms with Crippen molar-refractivity contribution in [3.63, 3.8) is 0 Å². The number of methoxy groups -OCH3 is 1. The van der Waals surface area contributed by atoms with Crippen LogP contribution >= 0.6 is 11.6 Å². The van der Waals surface area contributed by atoms with Crippen molar-refractivity contribution in [2.45, 2.75) is 45.4 Å². The van der Waals surface area contributed by atoms with Crippen molar-refractivity contribution in [3.8, 4) is 5.75 Å². The van der Waals surface area contributed by atoms with Gasteiger partial charge in [-0.3, -0.25) is 4.79 Å². The van der Waals surface area contributed by atoms with E-state index in [1.54, 1.807) is 13.2 Å². The van der Waals surface area contributed by atoms with E-state index in [0.29, 0.717) is 23.0 Å². The summed E-state index contributed by atoms with van der Waals surface area (Å²) in [5, 5.41) is 0.555. The fourth-order valence-corrected chi connectivity index (χ4v) is 3.19. The van der Waals surface area contributed by atoms with E-state index in [-0.39, 0.29) is 0 Å². The Morgan fingerprint density at radius 1 is 1.35 bits per heavy atom. The normalized spacial score (nSPS) is 15.7. The second-order valence-electron chi connectivity index (χ2n) is 6.46. The van der Waals surface area contributed by atoms with E-state index < -0.39 is 0 Å². The van der Waals surface area contributed by atoms with Gasteiger partial charge in [-0.1, -0.05) is 18.5 Å². The van der Waals surface area contributed by atoms with E-state index in [9.17, 15) is 4.79 Å². The first kappa shape index (κ1) is 17.9. The van der Waals surface area contributed by atoms with Crippen LogP contribution < -0.4 is 10.5 Å². The van der Waals surface area contributed by atoms with E-state index in [1.807, 2.05) is 11.0 Å². The summed E-state index contributed by atoms with van der Waals surface area (Å²) in [6.45, 7) is 4.09. The summed E-state index contributed by atoms with van der Waals surface area (Å²) in [6.07, 6.45) is 5.55. The molecule has 1 aliphatic heterocycles. The van der Waals surface area contributed by atoms with E-state index in [4.69, 9.17) is 22.1 Å². The second kappa shape index (κ2) is 8.44. The summed E-state index contributed by atoms with van der Waals surface area (Å²) in [4.78, 5) is 14.2. The number of halogens is 1. The van der Waals surface area contributed by atoms with Gasteiger partial charge in [0.15, 0.2) is 0 Å². The average molecular weight is 339 g/mol. The topological polar surface area (TPSA) is 55.6 Å². The summed E-state index contributed by atoms with van der Waals surface area (Å²) in [5.41, 5.74) is 7.37. The predicted molar refractivity (Wildman–Crippen MR) is 94.9 cm³/mol. The van der Waals surface area contributed by atoms with Crippen LogP contribution in [0.15, 0.2) is 12.1 Å². The Morgan fingerprint density at radius 2 is 2.04 bits per heavy atom. The molecular formula is C18H27ClN2O2. The molecule has 5 heteroatoms. The molecule has 2 N–H and O–H groups in total. The number of amides is 1. The Kier molecular flexibility index (Phi) is 6.58. The minimum atomic E-state index is 0.291. The van der Waals surface area contributed by atoms with Gasteiger partial charge in [0.1, 0.15) is 5.75 Å². The Balaban J connectivity index is 1.77. The van der Waals surface area contributed by atoms with Gasteiger partial charge in [0.05, 0.1) is 17.8 Å². The molecule has 1 fully saturated rings. The molecule has 23 heavy (non-hydrogen) atoms. The number of hydrogen-bond donors (Lipinski definition) is 1. The third-order valence-corrected chi connectivity index (χ3v) is 4.95. The van der Waals surface area contributed by atoms with Gasteiger partial charge in [0.2, 0.25) is 5.91 Å². The van der Waals surface area contributed by atoms with Crippen molar-refractivity contribution >= 4 is 23.2 Å². The number of nitrogen functional groups attached to an aromatic ring is 1. The van der Waals surface area contributed by atoms with Gasteiger partial charge in [0.25, 0.3) is 0 Å². The van der Waals surface area contributed by atoms with Crippen LogP contribution in [0.25, 0.3) is 0 Å². The van der Waals surface area contributed by atoms with Crippen LogP contribution in [-0.4, -0.2) is 31.0 Å². The Bertz CT molecular complexity index is 540. The zero-order chi connectivity index (χ0) is 16.8. The number of nitrogens with zero attached hydrogens (tertiary/aromatic N) is 1. The lowest BCUT2D eigenvalue weighted by atomic mass is 9.98. The number of unbranched alkanes of at least 4 members (excludes halogenated alkanes) is 1. The lowest BCUT2D eigenvalue weighted by molar-refractivity contribution is -0.132. The Morgan fingerprint density at radius 3 is 2.70 bits per heavy atom. The molecule has 0 unspecified atom stereocenters. The predicted octanol–water partition coefficient (Wildman–Crippen LogP) is 3.90. The monoisotopic (exact) mass is 338 g/mol.